The second-order valence-electron chi connectivity index (χ2n) is 7.30. The first-order valence-corrected chi connectivity index (χ1v) is 10.4. The number of carbonyl (C=O) groups excluding carboxylic acids is 3. The number of benzene rings is 1. The number of anilines is 2. The number of carbonyl (C=O) groups is 3. The fourth-order valence-electron chi connectivity index (χ4n) is 3.65. The molecule has 4 rings (SSSR count). The third kappa shape index (κ3) is 3.66. The van der Waals surface area contributed by atoms with Crippen LogP contribution >= 0.6 is 11.3 Å². The van der Waals surface area contributed by atoms with Gasteiger partial charge in [-0.3, -0.25) is 9.59 Å². The van der Waals surface area contributed by atoms with E-state index in [1.165, 1.54) is 0 Å². The Morgan fingerprint density at radius 3 is 2.63 bits per heavy atom. The molecule has 0 spiro atoms. The molecule has 0 radical (unpaired) electrons. The van der Waals surface area contributed by atoms with Gasteiger partial charge in [0.2, 0.25) is 5.91 Å². The SMILES string of the molecule is Cc1cc(C)c2c(N)c(C(=O)OCC(=O)c3ccc(N4CCCC4=O)cc3)sc2n1. The van der Waals surface area contributed by atoms with Crippen molar-refractivity contribution in [3.8, 4) is 0 Å². The number of hydrogen-bond donors (Lipinski definition) is 1. The van der Waals surface area contributed by atoms with E-state index < -0.39 is 5.97 Å². The second kappa shape index (κ2) is 7.87. The molecule has 3 heterocycles. The summed E-state index contributed by atoms with van der Waals surface area (Å²) in [4.78, 5) is 43.8. The molecule has 1 aliphatic rings. The van der Waals surface area contributed by atoms with Gasteiger partial charge in [-0.25, -0.2) is 9.78 Å². The molecule has 1 fully saturated rings. The lowest BCUT2D eigenvalue weighted by Gasteiger charge is -2.15. The van der Waals surface area contributed by atoms with E-state index in [4.69, 9.17) is 10.5 Å². The van der Waals surface area contributed by atoms with Crippen LogP contribution in [0, 0.1) is 13.8 Å². The van der Waals surface area contributed by atoms with Crippen LogP contribution in [0.1, 0.15) is 44.1 Å². The fourth-order valence-corrected chi connectivity index (χ4v) is 4.76. The lowest BCUT2D eigenvalue weighted by Crippen LogP contribution is -2.23. The number of nitrogens with two attached hydrogens (primary N) is 1. The molecule has 8 heteroatoms. The Morgan fingerprint density at radius 1 is 1.23 bits per heavy atom. The number of fused-ring (bicyclic) bond motifs is 1. The summed E-state index contributed by atoms with van der Waals surface area (Å²) >= 11 is 1.16. The van der Waals surface area contributed by atoms with Crippen LogP contribution in [0.3, 0.4) is 0 Å². The molecule has 7 nitrogen and oxygen atoms in total. The minimum atomic E-state index is -0.639. The van der Waals surface area contributed by atoms with E-state index in [9.17, 15) is 14.4 Å². The van der Waals surface area contributed by atoms with Gasteiger partial charge in [0.1, 0.15) is 9.71 Å². The van der Waals surface area contributed by atoms with Crippen molar-refractivity contribution in [1.29, 1.82) is 0 Å². The van der Waals surface area contributed by atoms with Crippen molar-refractivity contribution in [2.24, 2.45) is 0 Å². The van der Waals surface area contributed by atoms with Crippen molar-refractivity contribution in [2.75, 3.05) is 23.8 Å². The molecule has 0 unspecified atom stereocenters. The molecule has 0 saturated carbocycles. The maximum Gasteiger partial charge on any atom is 0.350 e. The molecule has 2 aromatic heterocycles. The molecule has 2 N–H and O–H groups in total. The summed E-state index contributed by atoms with van der Waals surface area (Å²) in [5.74, 6) is -0.878. The standard InChI is InChI=1S/C22H21N3O4S/c1-12-10-13(2)24-21-18(12)19(23)20(30-21)22(28)29-11-16(26)14-5-7-15(8-6-14)25-9-3-4-17(25)27/h5-8,10H,3-4,9,11,23H2,1-2H3. The first-order valence-electron chi connectivity index (χ1n) is 9.62. The maximum atomic E-state index is 12.5. The molecule has 1 aliphatic heterocycles. The Bertz CT molecular complexity index is 1170. The predicted octanol–water partition coefficient (Wildman–Crippen LogP) is 3.66. The zero-order chi connectivity index (χ0) is 21.4. The Labute approximate surface area is 177 Å². The Hall–Kier alpha value is -3.26. The summed E-state index contributed by atoms with van der Waals surface area (Å²) in [7, 11) is 0. The quantitative estimate of drug-likeness (QED) is 0.496. The van der Waals surface area contributed by atoms with Gasteiger partial charge in [-0.1, -0.05) is 0 Å². The van der Waals surface area contributed by atoms with Crippen LogP contribution in [0.4, 0.5) is 11.4 Å². The minimum absolute atomic E-state index is 0.0869. The van der Waals surface area contributed by atoms with Gasteiger partial charge in [0.15, 0.2) is 12.4 Å². The number of esters is 1. The average molecular weight is 423 g/mol. The van der Waals surface area contributed by atoms with E-state index in [1.54, 1.807) is 29.2 Å². The van der Waals surface area contributed by atoms with Crippen molar-refractivity contribution < 1.29 is 19.1 Å². The van der Waals surface area contributed by atoms with Crippen LogP contribution in [-0.4, -0.2) is 35.8 Å². The third-order valence-electron chi connectivity index (χ3n) is 5.12. The second-order valence-corrected chi connectivity index (χ2v) is 8.30. The molecule has 0 aliphatic carbocycles. The van der Waals surface area contributed by atoms with Gasteiger partial charge in [0.25, 0.3) is 0 Å². The van der Waals surface area contributed by atoms with Gasteiger partial charge in [0.05, 0.1) is 5.69 Å². The van der Waals surface area contributed by atoms with E-state index in [0.29, 0.717) is 29.0 Å². The van der Waals surface area contributed by atoms with Gasteiger partial charge in [-0.05, 0) is 56.2 Å². The lowest BCUT2D eigenvalue weighted by molar-refractivity contribution is -0.117. The zero-order valence-corrected chi connectivity index (χ0v) is 17.5. The number of ether oxygens (including phenoxy) is 1. The number of nitrogens with zero attached hydrogens (tertiary/aromatic N) is 2. The summed E-state index contributed by atoms with van der Waals surface area (Å²) < 4.78 is 5.22. The van der Waals surface area contributed by atoms with Crippen LogP contribution in [0.5, 0.6) is 0 Å². The molecular formula is C22H21N3O4S. The average Bonchev–Trinajstić information content (AvgIpc) is 3.29. The molecule has 1 aromatic carbocycles. The van der Waals surface area contributed by atoms with Crippen molar-refractivity contribution in [3.05, 3.63) is 52.0 Å². The molecular weight excluding hydrogens is 402 g/mol. The smallest absolute Gasteiger partial charge is 0.350 e. The van der Waals surface area contributed by atoms with E-state index in [2.05, 4.69) is 4.98 Å². The highest BCUT2D eigenvalue weighted by atomic mass is 32.1. The van der Waals surface area contributed by atoms with Crippen molar-refractivity contribution >= 4 is 50.6 Å². The summed E-state index contributed by atoms with van der Waals surface area (Å²) in [5, 5.41) is 0.746. The summed E-state index contributed by atoms with van der Waals surface area (Å²) in [6.45, 7) is 4.09. The molecule has 30 heavy (non-hydrogen) atoms. The summed E-state index contributed by atoms with van der Waals surface area (Å²) in [6, 6.07) is 8.66. The minimum Gasteiger partial charge on any atom is -0.453 e. The highest BCUT2D eigenvalue weighted by Gasteiger charge is 2.23. The number of aryl methyl sites for hydroxylation is 2. The Balaban J connectivity index is 1.44. The Morgan fingerprint density at radius 2 is 1.97 bits per heavy atom. The highest BCUT2D eigenvalue weighted by Crippen LogP contribution is 2.35. The summed E-state index contributed by atoms with van der Waals surface area (Å²) in [5.41, 5.74) is 9.44. The van der Waals surface area contributed by atoms with Crippen LogP contribution in [0.25, 0.3) is 10.2 Å². The number of ketones is 1. The van der Waals surface area contributed by atoms with Gasteiger partial charge >= 0.3 is 5.97 Å². The highest BCUT2D eigenvalue weighted by molar-refractivity contribution is 7.21. The lowest BCUT2D eigenvalue weighted by atomic mass is 10.1. The number of amides is 1. The molecule has 3 aromatic rings. The molecule has 0 atom stereocenters. The van der Waals surface area contributed by atoms with E-state index in [-0.39, 0.29) is 23.2 Å². The Kier molecular flexibility index (Phi) is 5.26. The molecule has 154 valence electrons. The molecule has 1 amide bonds. The van der Waals surface area contributed by atoms with E-state index in [1.807, 2.05) is 19.9 Å². The summed E-state index contributed by atoms with van der Waals surface area (Å²) in [6.07, 6.45) is 1.39. The number of aromatic nitrogens is 1. The van der Waals surface area contributed by atoms with Gasteiger partial charge in [0, 0.05) is 35.3 Å². The monoisotopic (exact) mass is 423 g/mol. The van der Waals surface area contributed by atoms with Crippen LogP contribution in [0.15, 0.2) is 30.3 Å². The largest absolute Gasteiger partial charge is 0.453 e. The predicted molar refractivity (Wildman–Crippen MR) is 116 cm³/mol. The third-order valence-corrected chi connectivity index (χ3v) is 6.20. The number of pyridine rings is 1. The van der Waals surface area contributed by atoms with Gasteiger partial charge in [-0.2, -0.15) is 0 Å². The number of hydrogen-bond acceptors (Lipinski definition) is 7. The van der Waals surface area contributed by atoms with E-state index >= 15 is 0 Å². The van der Waals surface area contributed by atoms with Gasteiger partial charge in [-0.15, -0.1) is 11.3 Å². The first-order chi connectivity index (χ1) is 14.3. The van der Waals surface area contributed by atoms with Crippen LogP contribution in [-0.2, 0) is 9.53 Å². The van der Waals surface area contributed by atoms with E-state index in [0.717, 1.165) is 40.1 Å². The zero-order valence-electron chi connectivity index (χ0n) is 16.7. The maximum absolute atomic E-state index is 12.5. The number of nitrogen functional groups attached to an aromatic ring is 1. The molecule has 0 bridgehead atoms. The van der Waals surface area contributed by atoms with Crippen molar-refractivity contribution in [2.45, 2.75) is 26.7 Å². The normalized spacial score (nSPS) is 13.8. The number of rotatable bonds is 5. The van der Waals surface area contributed by atoms with Crippen molar-refractivity contribution in [3.63, 3.8) is 0 Å². The molecule has 1 saturated heterocycles. The fraction of sp³-hybridized carbons (Fsp3) is 0.273. The number of thiophene rings is 1. The van der Waals surface area contributed by atoms with Gasteiger partial charge < -0.3 is 15.4 Å². The first kappa shape index (κ1) is 20.0. The topological polar surface area (TPSA) is 103 Å². The van der Waals surface area contributed by atoms with Crippen LogP contribution in [0.2, 0.25) is 0 Å². The number of Topliss-reactive ketones (excluding diaryl/α,β-unsaturated/α-hetero) is 1. The van der Waals surface area contributed by atoms with Crippen molar-refractivity contribution in [1.82, 2.24) is 4.98 Å². The van der Waals surface area contributed by atoms with Crippen LogP contribution < -0.4 is 10.6 Å².